The molecular weight excluding hydrogens is 365 g/mol. The van der Waals surface area contributed by atoms with Gasteiger partial charge in [0.05, 0.1) is 17.7 Å². The number of hydrogen-bond donors (Lipinski definition) is 1. The second kappa shape index (κ2) is 6.33. The zero-order valence-electron chi connectivity index (χ0n) is 17.3. The molecule has 0 amide bonds. The van der Waals surface area contributed by atoms with Gasteiger partial charge in [0.2, 0.25) is 0 Å². The molecule has 2 heterocycles. The molecule has 2 aliphatic rings. The molecule has 2 aromatic carbocycles. The van der Waals surface area contributed by atoms with Crippen molar-refractivity contribution in [1.82, 2.24) is 4.57 Å². The molecule has 0 atom stereocenters. The maximum Gasteiger partial charge on any atom is 0.125 e. The van der Waals surface area contributed by atoms with Gasteiger partial charge in [-0.2, -0.15) is 0 Å². The van der Waals surface area contributed by atoms with E-state index in [0.717, 1.165) is 47.8 Å². The highest BCUT2D eigenvalue weighted by atomic mass is 19.1. The van der Waals surface area contributed by atoms with Gasteiger partial charge in [-0.05, 0) is 68.0 Å². The first-order valence-electron chi connectivity index (χ1n) is 10.6. The van der Waals surface area contributed by atoms with Gasteiger partial charge in [0.15, 0.2) is 0 Å². The summed E-state index contributed by atoms with van der Waals surface area (Å²) >= 11 is 0. The summed E-state index contributed by atoms with van der Waals surface area (Å²) in [5, 5.41) is 11.8. The summed E-state index contributed by atoms with van der Waals surface area (Å²) in [7, 11) is 0. The Morgan fingerprint density at radius 2 is 1.76 bits per heavy atom. The number of nitrogens with zero attached hydrogens (tertiary/aromatic N) is 1. The monoisotopic (exact) mass is 393 g/mol. The highest BCUT2D eigenvalue weighted by molar-refractivity contribution is 5.94. The van der Waals surface area contributed by atoms with E-state index in [1.807, 2.05) is 24.3 Å². The maximum atomic E-state index is 13.7. The molecule has 1 fully saturated rings. The molecule has 0 bridgehead atoms. The van der Waals surface area contributed by atoms with Crippen molar-refractivity contribution in [1.29, 1.82) is 0 Å². The summed E-state index contributed by atoms with van der Waals surface area (Å²) in [6.07, 6.45) is 4.18. The van der Waals surface area contributed by atoms with Gasteiger partial charge in [0.1, 0.15) is 11.6 Å². The average Bonchev–Trinajstić information content (AvgIpc) is 3.07. The first-order valence-corrected chi connectivity index (χ1v) is 10.6. The van der Waals surface area contributed by atoms with Gasteiger partial charge in [-0.1, -0.05) is 26.8 Å². The molecule has 3 aromatic rings. The van der Waals surface area contributed by atoms with Gasteiger partial charge in [0.25, 0.3) is 0 Å². The van der Waals surface area contributed by atoms with Crippen LogP contribution in [-0.4, -0.2) is 16.3 Å². The molecule has 4 heteroatoms. The van der Waals surface area contributed by atoms with Gasteiger partial charge in [0, 0.05) is 27.7 Å². The van der Waals surface area contributed by atoms with Crippen molar-refractivity contribution >= 4 is 10.9 Å². The smallest absolute Gasteiger partial charge is 0.125 e. The molecule has 3 nitrogen and oxygen atoms in total. The lowest BCUT2D eigenvalue weighted by Crippen LogP contribution is -2.45. The number of benzene rings is 2. The number of ether oxygens (including phenoxy) is 1. The Bertz CT molecular complexity index is 1070. The Morgan fingerprint density at radius 3 is 2.45 bits per heavy atom. The summed E-state index contributed by atoms with van der Waals surface area (Å²) < 4.78 is 22.5. The second-order valence-corrected chi connectivity index (χ2v) is 9.56. The van der Waals surface area contributed by atoms with Crippen molar-refractivity contribution in [3.05, 3.63) is 59.5 Å². The molecule has 0 radical (unpaired) electrons. The number of aromatic nitrogens is 1. The van der Waals surface area contributed by atoms with Crippen molar-refractivity contribution in [2.75, 3.05) is 6.61 Å². The Balaban J connectivity index is 1.88. The minimum Gasteiger partial charge on any atom is -0.507 e. The number of aromatic hydroxyl groups is 1. The summed E-state index contributed by atoms with van der Waals surface area (Å²) in [5.41, 5.74) is 3.60. The van der Waals surface area contributed by atoms with Gasteiger partial charge in [-0.3, -0.25) is 0 Å². The number of rotatable bonds is 1. The minimum atomic E-state index is -0.361. The van der Waals surface area contributed by atoms with E-state index in [4.69, 9.17) is 4.74 Å². The number of halogens is 1. The molecule has 5 rings (SSSR count). The van der Waals surface area contributed by atoms with Crippen LogP contribution in [0, 0.1) is 11.7 Å². The first-order chi connectivity index (χ1) is 13.8. The molecule has 1 aromatic heterocycles. The molecule has 0 unspecified atom stereocenters. The van der Waals surface area contributed by atoms with Crippen LogP contribution in [0.1, 0.15) is 57.7 Å². The largest absolute Gasteiger partial charge is 0.507 e. The van der Waals surface area contributed by atoms with E-state index in [-0.39, 0.29) is 16.8 Å². The van der Waals surface area contributed by atoms with Crippen LogP contribution in [0.25, 0.3) is 16.6 Å². The fourth-order valence-electron chi connectivity index (χ4n) is 5.35. The number of phenolic OH excluding ortho intramolecular Hbond substituents is 1. The predicted octanol–water partition coefficient (Wildman–Crippen LogP) is 6.19. The van der Waals surface area contributed by atoms with Crippen molar-refractivity contribution < 1.29 is 14.2 Å². The van der Waals surface area contributed by atoms with Crippen LogP contribution in [-0.2, 0) is 15.8 Å². The number of hydrogen-bond acceptors (Lipinski definition) is 2. The van der Waals surface area contributed by atoms with E-state index in [9.17, 15) is 9.50 Å². The maximum absolute atomic E-state index is 13.7. The fourth-order valence-corrected chi connectivity index (χ4v) is 5.35. The quantitative estimate of drug-likeness (QED) is 0.535. The zero-order chi connectivity index (χ0) is 20.4. The standard InChI is InChI=1S/C25H28FNO2/c1-16-11-13-25(14-12-16)22-21-19(5-4-6-20(21)28)27(18-9-7-17(26)8-10-18)23(22)24(2,3)15-29-25/h4-10,16,28H,11-15H2,1-3H3. The van der Waals surface area contributed by atoms with Crippen LogP contribution >= 0.6 is 0 Å². The molecule has 1 N–H and O–H groups in total. The summed E-state index contributed by atoms with van der Waals surface area (Å²) in [6, 6.07) is 12.3. The van der Waals surface area contributed by atoms with Gasteiger partial charge < -0.3 is 14.4 Å². The molecule has 1 aliphatic heterocycles. The highest BCUT2D eigenvalue weighted by Gasteiger charge is 2.49. The van der Waals surface area contributed by atoms with E-state index in [1.165, 1.54) is 17.8 Å². The Hall–Kier alpha value is -2.33. The lowest BCUT2D eigenvalue weighted by molar-refractivity contribution is -0.111. The third kappa shape index (κ3) is 2.72. The molecule has 1 spiro atoms. The van der Waals surface area contributed by atoms with Gasteiger partial charge >= 0.3 is 0 Å². The van der Waals surface area contributed by atoms with E-state index in [0.29, 0.717) is 18.3 Å². The lowest BCUT2D eigenvalue weighted by atomic mass is 9.70. The molecule has 1 saturated carbocycles. The van der Waals surface area contributed by atoms with Crippen LogP contribution in [0.3, 0.4) is 0 Å². The normalized spacial score (nSPS) is 26.0. The third-order valence-corrected chi connectivity index (χ3v) is 6.94. The summed E-state index contributed by atoms with van der Waals surface area (Å²) in [4.78, 5) is 0. The van der Waals surface area contributed by atoms with Gasteiger partial charge in [-0.25, -0.2) is 4.39 Å². The number of phenols is 1. The molecular formula is C25H28FNO2. The van der Waals surface area contributed by atoms with Gasteiger partial charge in [-0.15, -0.1) is 0 Å². The van der Waals surface area contributed by atoms with Crippen LogP contribution in [0.2, 0.25) is 0 Å². The van der Waals surface area contributed by atoms with Crippen LogP contribution in [0.4, 0.5) is 4.39 Å². The minimum absolute atomic E-state index is 0.233. The lowest BCUT2D eigenvalue weighted by Gasteiger charge is -2.47. The van der Waals surface area contributed by atoms with E-state index in [2.05, 4.69) is 25.3 Å². The Kier molecular flexibility index (Phi) is 4.08. The second-order valence-electron chi connectivity index (χ2n) is 9.56. The average molecular weight is 394 g/mol. The van der Waals surface area contributed by atoms with E-state index >= 15 is 0 Å². The summed E-state index contributed by atoms with van der Waals surface area (Å²) in [6.45, 7) is 7.33. The van der Waals surface area contributed by atoms with Crippen LogP contribution < -0.4 is 0 Å². The highest BCUT2D eigenvalue weighted by Crippen LogP contribution is 2.55. The van der Waals surface area contributed by atoms with Crippen molar-refractivity contribution in [2.24, 2.45) is 5.92 Å². The van der Waals surface area contributed by atoms with Crippen molar-refractivity contribution in [3.63, 3.8) is 0 Å². The first kappa shape index (κ1) is 18.7. The van der Waals surface area contributed by atoms with Crippen LogP contribution in [0.15, 0.2) is 42.5 Å². The molecule has 0 saturated heterocycles. The topological polar surface area (TPSA) is 34.4 Å². The third-order valence-electron chi connectivity index (χ3n) is 6.94. The fraction of sp³-hybridized carbons (Fsp3) is 0.440. The molecule has 29 heavy (non-hydrogen) atoms. The van der Waals surface area contributed by atoms with Crippen molar-refractivity contribution in [2.45, 2.75) is 57.5 Å². The Labute approximate surface area is 171 Å². The van der Waals surface area contributed by atoms with E-state index in [1.54, 1.807) is 6.07 Å². The van der Waals surface area contributed by atoms with Crippen molar-refractivity contribution in [3.8, 4) is 11.4 Å². The predicted molar refractivity (Wildman–Crippen MR) is 113 cm³/mol. The van der Waals surface area contributed by atoms with Crippen LogP contribution in [0.5, 0.6) is 5.75 Å². The van der Waals surface area contributed by atoms with E-state index < -0.39 is 0 Å². The number of fused-ring (bicyclic) bond motifs is 4. The zero-order valence-corrected chi connectivity index (χ0v) is 17.3. The SMILES string of the molecule is CC1CCC2(CC1)OCC(C)(C)c1c2c2c(O)cccc2n1-c1ccc(F)cc1. The Morgan fingerprint density at radius 1 is 1.07 bits per heavy atom. The molecule has 152 valence electrons. The molecule has 1 aliphatic carbocycles. The summed E-state index contributed by atoms with van der Waals surface area (Å²) in [5.74, 6) is 0.739.